The maximum absolute atomic E-state index is 16.0. The number of unbranched alkanes of at least 4 members (excludes halogenated alkanes) is 1. The number of fused-ring (bicyclic) bond motifs is 1. The van der Waals surface area contributed by atoms with Crippen LogP contribution in [-0.4, -0.2) is 85.0 Å². The Balaban J connectivity index is 1.42. The zero-order valence-electron chi connectivity index (χ0n) is 26.8. The third-order valence-corrected chi connectivity index (χ3v) is 9.74. The van der Waals surface area contributed by atoms with E-state index in [9.17, 15) is 23.2 Å². The molecule has 2 heterocycles. The molecule has 3 fully saturated rings. The summed E-state index contributed by atoms with van der Waals surface area (Å²) in [7, 11) is 3.11. The second-order valence-corrected chi connectivity index (χ2v) is 12.8. The molecule has 2 aromatic rings. The molecular weight excluding hydrogens is 624 g/mol. The minimum Gasteiger partial charge on any atom is -0.497 e. The number of alkyl halides is 4. The zero-order chi connectivity index (χ0) is 33.9. The standard InChI is InChI=1S/C33H42F4N4O6/c1-4-21-27(16-41(28(44)15-38-17-42)29(21)25(43)12-19-11-22(19)31(34)35)47-32-30(39-23-9-8-20(45-2)14-24(23)40-32)33(36,37)10-6-5-7-18-13-26(18)46-3/h8-9,14,17-19,21-22,26-27,29,31H,4-7,10-13,15-16H2,1-3H3,(H,38,42)/t18?,19?,21-,22-,26-,27+,29+/m1/s1. The summed E-state index contributed by atoms with van der Waals surface area (Å²) in [5, 5.41) is 2.29. The van der Waals surface area contributed by atoms with Gasteiger partial charge in [0.25, 0.3) is 5.92 Å². The zero-order valence-corrected chi connectivity index (χ0v) is 26.8. The average Bonchev–Trinajstić information content (AvgIpc) is 3.97. The Kier molecular flexibility index (Phi) is 10.9. The van der Waals surface area contributed by atoms with E-state index >= 15 is 8.78 Å². The molecule has 7 atom stereocenters. The number of nitrogens with one attached hydrogen (secondary N) is 1. The molecule has 14 heteroatoms. The molecule has 1 N–H and O–H groups in total. The number of nitrogens with zero attached hydrogens (tertiary/aromatic N) is 3. The van der Waals surface area contributed by atoms with Crippen LogP contribution >= 0.6 is 0 Å². The molecule has 0 radical (unpaired) electrons. The Hall–Kier alpha value is -3.55. The summed E-state index contributed by atoms with van der Waals surface area (Å²) in [6.45, 7) is 1.23. The quantitative estimate of drug-likeness (QED) is 0.135. The van der Waals surface area contributed by atoms with Crippen LogP contribution in [0, 0.1) is 23.7 Å². The minimum absolute atomic E-state index is 0.140. The Morgan fingerprint density at radius 2 is 1.89 bits per heavy atom. The van der Waals surface area contributed by atoms with E-state index in [1.165, 1.54) is 18.1 Å². The number of amides is 2. The Bertz CT molecular complexity index is 1450. The number of benzene rings is 1. The molecule has 0 bridgehead atoms. The number of Topliss-reactive ketones (excluding diaryl/α,β-unsaturated/α-hetero) is 1. The van der Waals surface area contributed by atoms with Crippen LogP contribution in [0.15, 0.2) is 18.2 Å². The van der Waals surface area contributed by atoms with E-state index in [1.807, 2.05) is 0 Å². The van der Waals surface area contributed by atoms with Crippen molar-refractivity contribution < 1.29 is 46.2 Å². The van der Waals surface area contributed by atoms with Crippen molar-refractivity contribution in [2.45, 2.75) is 88.9 Å². The SMILES string of the molecule is CC[C@@H]1[C@@H](Oc2nc3cc(OC)ccc3nc2C(F)(F)CCCCC2C[C@H]2OC)CN(C(=O)CNC=O)[C@@H]1C(=O)CC1C[C@H]1C(F)F. The summed E-state index contributed by atoms with van der Waals surface area (Å²) in [5.74, 6) is -5.97. The van der Waals surface area contributed by atoms with E-state index in [1.54, 1.807) is 26.2 Å². The van der Waals surface area contributed by atoms with E-state index in [0.29, 0.717) is 30.9 Å². The van der Waals surface area contributed by atoms with Crippen molar-refractivity contribution in [3.05, 3.63) is 23.9 Å². The van der Waals surface area contributed by atoms with Crippen LogP contribution in [0.3, 0.4) is 0 Å². The first-order chi connectivity index (χ1) is 22.5. The number of ketones is 1. The number of carbonyl (C=O) groups is 3. The van der Waals surface area contributed by atoms with Crippen molar-refractivity contribution in [2.75, 3.05) is 27.3 Å². The lowest BCUT2D eigenvalue weighted by molar-refractivity contribution is -0.138. The van der Waals surface area contributed by atoms with Crippen molar-refractivity contribution in [3.8, 4) is 11.6 Å². The molecule has 2 saturated carbocycles. The maximum atomic E-state index is 16.0. The molecule has 2 unspecified atom stereocenters. The first-order valence-electron chi connectivity index (χ1n) is 16.2. The molecule has 1 aromatic heterocycles. The first kappa shape index (κ1) is 34.8. The molecule has 1 aliphatic heterocycles. The Labute approximate surface area is 270 Å². The second kappa shape index (κ2) is 14.7. The minimum atomic E-state index is -3.41. The van der Waals surface area contributed by atoms with Gasteiger partial charge >= 0.3 is 0 Å². The van der Waals surface area contributed by atoms with Crippen molar-refractivity contribution in [1.82, 2.24) is 20.2 Å². The number of likely N-dealkylation sites (tertiary alicyclic amines) is 1. The van der Waals surface area contributed by atoms with Gasteiger partial charge in [-0.15, -0.1) is 0 Å². The van der Waals surface area contributed by atoms with E-state index in [-0.39, 0.29) is 42.9 Å². The van der Waals surface area contributed by atoms with Gasteiger partial charge in [0, 0.05) is 37.9 Å². The van der Waals surface area contributed by atoms with E-state index in [2.05, 4.69) is 15.3 Å². The molecule has 2 amide bonds. The van der Waals surface area contributed by atoms with Gasteiger partial charge in [0.15, 0.2) is 11.5 Å². The van der Waals surface area contributed by atoms with Gasteiger partial charge in [-0.2, -0.15) is 8.78 Å². The van der Waals surface area contributed by atoms with Gasteiger partial charge in [-0.1, -0.05) is 13.3 Å². The predicted molar refractivity (Wildman–Crippen MR) is 162 cm³/mol. The summed E-state index contributed by atoms with van der Waals surface area (Å²) in [6.07, 6.45) is -0.453. The molecule has 5 rings (SSSR count). The predicted octanol–water partition coefficient (Wildman–Crippen LogP) is 4.92. The van der Waals surface area contributed by atoms with E-state index in [4.69, 9.17) is 14.2 Å². The van der Waals surface area contributed by atoms with Gasteiger partial charge in [0.1, 0.15) is 11.9 Å². The fraction of sp³-hybridized carbons (Fsp3) is 0.667. The summed E-state index contributed by atoms with van der Waals surface area (Å²) in [5.41, 5.74) is -0.166. The maximum Gasteiger partial charge on any atom is 0.295 e. The number of methoxy groups -OCH3 is 2. The molecule has 0 spiro atoms. The molecule has 47 heavy (non-hydrogen) atoms. The summed E-state index contributed by atoms with van der Waals surface area (Å²) >= 11 is 0. The summed E-state index contributed by atoms with van der Waals surface area (Å²) < 4.78 is 75.2. The van der Waals surface area contributed by atoms with Crippen LogP contribution < -0.4 is 14.8 Å². The Morgan fingerprint density at radius 1 is 1.11 bits per heavy atom. The van der Waals surface area contributed by atoms with Crippen LogP contribution in [0.25, 0.3) is 11.0 Å². The topological polar surface area (TPSA) is 120 Å². The smallest absolute Gasteiger partial charge is 0.295 e. The van der Waals surface area contributed by atoms with Crippen LogP contribution in [0.2, 0.25) is 0 Å². The van der Waals surface area contributed by atoms with Gasteiger partial charge < -0.3 is 24.4 Å². The number of hydrogen-bond acceptors (Lipinski definition) is 8. The summed E-state index contributed by atoms with van der Waals surface area (Å²) in [6, 6.07) is 3.64. The normalized spacial score (nSPS) is 26.8. The number of aromatic nitrogens is 2. The third-order valence-electron chi connectivity index (χ3n) is 9.74. The van der Waals surface area contributed by atoms with E-state index in [0.717, 1.165) is 12.8 Å². The van der Waals surface area contributed by atoms with Crippen molar-refractivity contribution in [1.29, 1.82) is 0 Å². The highest BCUT2D eigenvalue weighted by atomic mass is 19.3. The molecule has 10 nitrogen and oxygen atoms in total. The van der Waals surface area contributed by atoms with Crippen molar-refractivity contribution in [2.24, 2.45) is 23.7 Å². The highest BCUT2D eigenvalue weighted by Gasteiger charge is 2.52. The van der Waals surface area contributed by atoms with Gasteiger partial charge in [0.2, 0.25) is 24.6 Å². The molecular formula is C33H42F4N4O6. The number of hydrogen-bond donors (Lipinski definition) is 1. The van der Waals surface area contributed by atoms with Gasteiger partial charge in [-0.3, -0.25) is 14.4 Å². The number of carbonyl (C=O) groups excluding carboxylic acids is 3. The van der Waals surface area contributed by atoms with Gasteiger partial charge in [-0.25, -0.2) is 18.7 Å². The second-order valence-electron chi connectivity index (χ2n) is 12.8. The number of rotatable bonds is 18. The monoisotopic (exact) mass is 666 g/mol. The van der Waals surface area contributed by atoms with Crippen LogP contribution in [-0.2, 0) is 25.0 Å². The van der Waals surface area contributed by atoms with Crippen LogP contribution in [0.1, 0.15) is 64.0 Å². The summed E-state index contributed by atoms with van der Waals surface area (Å²) in [4.78, 5) is 47.7. The molecule has 1 aromatic carbocycles. The lowest BCUT2D eigenvalue weighted by Crippen LogP contribution is -2.46. The first-order valence-corrected chi connectivity index (χ1v) is 16.2. The lowest BCUT2D eigenvalue weighted by Gasteiger charge is -2.27. The number of halogens is 4. The third kappa shape index (κ3) is 7.95. The molecule has 3 aliphatic rings. The average molecular weight is 667 g/mol. The van der Waals surface area contributed by atoms with Gasteiger partial charge in [-0.05, 0) is 56.1 Å². The fourth-order valence-electron chi connectivity index (χ4n) is 6.87. The molecule has 1 saturated heterocycles. The van der Waals surface area contributed by atoms with Gasteiger partial charge in [0.05, 0.1) is 43.4 Å². The van der Waals surface area contributed by atoms with Crippen LogP contribution in [0.4, 0.5) is 17.6 Å². The van der Waals surface area contributed by atoms with Crippen molar-refractivity contribution in [3.63, 3.8) is 0 Å². The largest absolute Gasteiger partial charge is 0.497 e. The highest BCUT2D eigenvalue weighted by Crippen LogP contribution is 2.47. The Morgan fingerprint density at radius 3 is 2.53 bits per heavy atom. The lowest BCUT2D eigenvalue weighted by atomic mass is 9.90. The van der Waals surface area contributed by atoms with E-state index < -0.39 is 78.5 Å². The van der Waals surface area contributed by atoms with Crippen LogP contribution in [0.5, 0.6) is 11.6 Å². The molecule has 2 aliphatic carbocycles. The highest BCUT2D eigenvalue weighted by molar-refractivity contribution is 5.91. The molecule has 258 valence electrons. The fourth-order valence-corrected chi connectivity index (χ4v) is 6.87. The van der Waals surface area contributed by atoms with Crippen molar-refractivity contribution >= 4 is 29.1 Å². The number of ether oxygens (including phenoxy) is 3.